The number of hydrogen-bond acceptors (Lipinski definition) is 3. The lowest BCUT2D eigenvalue weighted by molar-refractivity contribution is 0.265. The fourth-order valence-electron chi connectivity index (χ4n) is 3.28. The second-order valence-electron chi connectivity index (χ2n) is 7.01. The summed E-state index contributed by atoms with van der Waals surface area (Å²) in [5.41, 5.74) is 0.934. The minimum Gasteiger partial charge on any atom is -0.304 e. The third-order valence-electron chi connectivity index (χ3n) is 5.08. The van der Waals surface area contributed by atoms with Crippen LogP contribution in [0.15, 0.2) is 59.5 Å². The molecule has 0 N–H and O–H groups in total. The first-order valence-corrected chi connectivity index (χ1v) is 11.4. The maximum atomic E-state index is 13.3. The molecule has 0 aromatic heterocycles. The monoisotopic (exact) mass is 406 g/mol. The molecule has 0 amide bonds. The lowest BCUT2D eigenvalue weighted by Crippen LogP contribution is -2.38. The quantitative estimate of drug-likeness (QED) is 0.551. The lowest BCUT2D eigenvalue weighted by atomic mass is 10.1. The maximum absolute atomic E-state index is 13.3. The molecule has 154 valence electrons. The van der Waals surface area contributed by atoms with E-state index in [0.29, 0.717) is 6.54 Å². The highest BCUT2D eigenvalue weighted by molar-refractivity contribution is 7.89. The smallest absolute Gasteiger partial charge is 0.243 e. The molecule has 0 bridgehead atoms. The third-order valence-corrected chi connectivity index (χ3v) is 7.06. The maximum Gasteiger partial charge on any atom is 0.243 e. The third kappa shape index (κ3) is 6.12. The van der Waals surface area contributed by atoms with E-state index in [2.05, 4.69) is 18.7 Å². The summed E-state index contributed by atoms with van der Waals surface area (Å²) < 4.78 is 41.4. The van der Waals surface area contributed by atoms with E-state index >= 15 is 0 Å². The average Bonchev–Trinajstić information content (AvgIpc) is 2.70. The average molecular weight is 407 g/mol. The summed E-state index contributed by atoms with van der Waals surface area (Å²) in [5, 5.41) is 0. The predicted octanol–water partition coefficient (Wildman–Crippen LogP) is 4.53. The molecule has 0 fully saturated rings. The van der Waals surface area contributed by atoms with Crippen molar-refractivity contribution in [3.63, 3.8) is 0 Å². The van der Waals surface area contributed by atoms with Crippen LogP contribution in [0.5, 0.6) is 0 Å². The molecule has 2 rings (SSSR count). The highest BCUT2D eigenvalue weighted by Crippen LogP contribution is 2.23. The Morgan fingerprint density at radius 3 is 2.14 bits per heavy atom. The van der Waals surface area contributed by atoms with E-state index in [9.17, 15) is 12.8 Å². The zero-order valence-electron chi connectivity index (χ0n) is 17.0. The topological polar surface area (TPSA) is 40.6 Å². The van der Waals surface area contributed by atoms with Crippen molar-refractivity contribution in [2.75, 3.05) is 19.6 Å². The van der Waals surface area contributed by atoms with Crippen molar-refractivity contribution < 1.29 is 12.8 Å². The first-order chi connectivity index (χ1) is 13.4. The summed E-state index contributed by atoms with van der Waals surface area (Å²) in [6, 6.07) is 14.5. The molecule has 2 aromatic carbocycles. The van der Waals surface area contributed by atoms with E-state index in [1.165, 1.54) is 28.6 Å². The van der Waals surface area contributed by atoms with Crippen molar-refractivity contribution >= 4 is 10.0 Å². The number of halogens is 1. The van der Waals surface area contributed by atoms with Crippen LogP contribution in [0.3, 0.4) is 0 Å². The number of sulfonamides is 1. The lowest BCUT2D eigenvalue weighted by Gasteiger charge is -2.29. The van der Waals surface area contributed by atoms with Crippen LogP contribution in [0.25, 0.3) is 0 Å². The molecule has 0 saturated heterocycles. The van der Waals surface area contributed by atoms with Crippen molar-refractivity contribution in [3.8, 4) is 0 Å². The number of rotatable bonds is 11. The minimum atomic E-state index is -3.72. The molecule has 1 unspecified atom stereocenters. The molecule has 6 heteroatoms. The second kappa shape index (κ2) is 10.7. The summed E-state index contributed by atoms with van der Waals surface area (Å²) in [5.74, 6) is -0.444. The SMILES string of the molecule is CCN(CC)CCCC(C)N(Cc1ccccc1)S(=O)(=O)c1ccc(F)cc1. The van der Waals surface area contributed by atoms with E-state index in [0.717, 1.165) is 38.0 Å². The van der Waals surface area contributed by atoms with Crippen LogP contribution in [0.4, 0.5) is 4.39 Å². The fourth-order valence-corrected chi connectivity index (χ4v) is 4.93. The molecule has 2 aromatic rings. The largest absolute Gasteiger partial charge is 0.304 e. The van der Waals surface area contributed by atoms with Gasteiger partial charge >= 0.3 is 0 Å². The number of nitrogens with zero attached hydrogens (tertiary/aromatic N) is 2. The first-order valence-electron chi connectivity index (χ1n) is 9.92. The van der Waals surface area contributed by atoms with Gasteiger partial charge in [-0.2, -0.15) is 4.31 Å². The van der Waals surface area contributed by atoms with Gasteiger partial charge in [-0.25, -0.2) is 12.8 Å². The van der Waals surface area contributed by atoms with Crippen LogP contribution in [0.1, 0.15) is 39.2 Å². The fraction of sp³-hybridized carbons (Fsp3) is 0.455. The van der Waals surface area contributed by atoms with Gasteiger partial charge in [-0.15, -0.1) is 0 Å². The summed E-state index contributed by atoms with van der Waals surface area (Å²) in [7, 11) is -3.72. The Bertz CT molecular complexity index is 806. The van der Waals surface area contributed by atoms with Crippen molar-refractivity contribution in [2.45, 2.75) is 51.1 Å². The van der Waals surface area contributed by atoms with Crippen LogP contribution >= 0.6 is 0 Å². The van der Waals surface area contributed by atoms with Crippen molar-refractivity contribution in [2.24, 2.45) is 0 Å². The Kier molecular flexibility index (Phi) is 8.60. The van der Waals surface area contributed by atoms with Crippen LogP contribution < -0.4 is 0 Å². The summed E-state index contributed by atoms with van der Waals surface area (Å²) in [4.78, 5) is 2.46. The van der Waals surface area contributed by atoms with Gasteiger partial charge in [-0.1, -0.05) is 44.2 Å². The molecule has 28 heavy (non-hydrogen) atoms. The van der Waals surface area contributed by atoms with Gasteiger partial charge in [0.2, 0.25) is 10.0 Å². The van der Waals surface area contributed by atoms with Gasteiger partial charge < -0.3 is 4.90 Å². The standard InChI is InChI=1S/C22H31FN2O2S/c1-4-24(5-2)17-9-10-19(3)25(18-20-11-7-6-8-12-20)28(26,27)22-15-13-21(23)14-16-22/h6-8,11-16,19H,4-5,9-10,17-18H2,1-3H3. The summed E-state index contributed by atoms with van der Waals surface area (Å²) >= 11 is 0. The Morgan fingerprint density at radius 1 is 0.964 bits per heavy atom. The van der Waals surface area contributed by atoms with Gasteiger partial charge in [0.15, 0.2) is 0 Å². The predicted molar refractivity (Wildman–Crippen MR) is 112 cm³/mol. The Hall–Kier alpha value is -1.76. The van der Waals surface area contributed by atoms with E-state index in [1.54, 1.807) is 0 Å². The van der Waals surface area contributed by atoms with Gasteiger partial charge in [-0.05, 0) is 69.2 Å². The number of benzene rings is 2. The van der Waals surface area contributed by atoms with Gasteiger partial charge in [0.25, 0.3) is 0 Å². The van der Waals surface area contributed by atoms with Crippen LogP contribution in [-0.4, -0.2) is 43.3 Å². The molecule has 0 heterocycles. The van der Waals surface area contributed by atoms with Crippen LogP contribution in [0.2, 0.25) is 0 Å². The van der Waals surface area contributed by atoms with Crippen molar-refractivity contribution in [1.82, 2.24) is 9.21 Å². The molecule has 0 radical (unpaired) electrons. The molecule has 4 nitrogen and oxygen atoms in total. The molecule has 0 aliphatic heterocycles. The zero-order valence-corrected chi connectivity index (χ0v) is 17.8. The first kappa shape index (κ1) is 22.5. The second-order valence-corrected chi connectivity index (χ2v) is 8.90. The van der Waals surface area contributed by atoms with E-state index in [-0.39, 0.29) is 10.9 Å². The minimum absolute atomic E-state index is 0.125. The normalized spacial score (nSPS) is 13.2. The Balaban J connectivity index is 2.22. The Morgan fingerprint density at radius 2 is 1.57 bits per heavy atom. The van der Waals surface area contributed by atoms with Gasteiger partial charge in [0.1, 0.15) is 5.82 Å². The van der Waals surface area contributed by atoms with Gasteiger partial charge in [0.05, 0.1) is 4.90 Å². The van der Waals surface area contributed by atoms with Gasteiger partial charge in [-0.3, -0.25) is 0 Å². The van der Waals surface area contributed by atoms with Crippen LogP contribution in [-0.2, 0) is 16.6 Å². The summed E-state index contributed by atoms with van der Waals surface area (Å²) in [6.07, 6.45) is 1.69. The van der Waals surface area contributed by atoms with Gasteiger partial charge in [0, 0.05) is 12.6 Å². The number of hydrogen-bond donors (Lipinski definition) is 0. The molecule has 0 aliphatic carbocycles. The molecule has 1 atom stereocenters. The van der Waals surface area contributed by atoms with Crippen LogP contribution in [0, 0.1) is 5.82 Å². The van der Waals surface area contributed by atoms with E-state index in [1.807, 2.05) is 37.3 Å². The highest BCUT2D eigenvalue weighted by atomic mass is 32.2. The van der Waals surface area contributed by atoms with E-state index in [4.69, 9.17) is 0 Å². The Labute approximate surface area is 169 Å². The van der Waals surface area contributed by atoms with E-state index < -0.39 is 15.8 Å². The molecule has 0 spiro atoms. The highest BCUT2D eigenvalue weighted by Gasteiger charge is 2.29. The zero-order chi connectivity index (χ0) is 20.6. The molecule has 0 aliphatic rings. The molecular formula is C22H31FN2O2S. The molecule has 0 saturated carbocycles. The molecular weight excluding hydrogens is 375 g/mol. The van der Waals surface area contributed by atoms with Crippen molar-refractivity contribution in [3.05, 3.63) is 66.0 Å². The summed E-state index contributed by atoms with van der Waals surface area (Å²) in [6.45, 7) is 9.45. The van der Waals surface area contributed by atoms with Crippen molar-refractivity contribution in [1.29, 1.82) is 0 Å².